The first-order valence-corrected chi connectivity index (χ1v) is 14.6. The number of morpholine rings is 1. The molecule has 1 saturated heterocycles. The molecule has 0 spiro atoms. The molecule has 1 aliphatic rings. The van der Waals surface area contributed by atoms with Gasteiger partial charge in [-0.1, -0.05) is 73.6 Å². The largest absolute Gasteiger partial charge is 0.508 e. The first-order chi connectivity index (χ1) is 20.4. The van der Waals surface area contributed by atoms with E-state index in [2.05, 4.69) is 41.4 Å². The third-order valence-electron chi connectivity index (χ3n) is 7.29. The maximum atomic E-state index is 13.2. The van der Waals surface area contributed by atoms with Crippen LogP contribution in [0.1, 0.15) is 48.0 Å². The number of aromatic nitrogens is 1. The van der Waals surface area contributed by atoms with Crippen LogP contribution < -0.4 is 10.1 Å². The minimum absolute atomic E-state index is 0.160. The molecule has 8 heteroatoms. The predicted molar refractivity (Wildman–Crippen MR) is 162 cm³/mol. The summed E-state index contributed by atoms with van der Waals surface area (Å²) < 4.78 is 17.7. The van der Waals surface area contributed by atoms with Gasteiger partial charge in [0.15, 0.2) is 11.5 Å². The maximum absolute atomic E-state index is 13.2. The van der Waals surface area contributed by atoms with E-state index in [-0.39, 0.29) is 17.4 Å². The average molecular weight is 570 g/mol. The lowest BCUT2D eigenvalue weighted by atomic mass is 9.94. The van der Waals surface area contributed by atoms with Gasteiger partial charge in [-0.3, -0.25) is 9.69 Å². The number of rotatable bonds is 11. The highest BCUT2D eigenvalue weighted by Crippen LogP contribution is 2.43. The number of hydrogen-bond acceptors (Lipinski definition) is 7. The monoisotopic (exact) mass is 569 g/mol. The number of benzene rings is 3. The van der Waals surface area contributed by atoms with Gasteiger partial charge in [0.2, 0.25) is 0 Å². The summed E-state index contributed by atoms with van der Waals surface area (Å²) in [6, 6.07) is 21.6. The SMILES string of the molecule is CCNC(=O)c1noc(-c2cc(CC(C)C)c(O)cc2OCc2ccccc2)c1-c1ccc(CN2CCOCC2)cc1. The molecule has 5 rings (SSSR count). The molecule has 220 valence electrons. The molecule has 1 amide bonds. The summed E-state index contributed by atoms with van der Waals surface area (Å²) in [4.78, 5) is 15.5. The Labute approximate surface area is 247 Å². The molecular weight excluding hydrogens is 530 g/mol. The summed E-state index contributed by atoms with van der Waals surface area (Å²) in [5, 5.41) is 18.0. The van der Waals surface area contributed by atoms with Crippen molar-refractivity contribution in [2.75, 3.05) is 32.8 Å². The van der Waals surface area contributed by atoms with Crippen LogP contribution in [0.25, 0.3) is 22.5 Å². The molecule has 1 fully saturated rings. The van der Waals surface area contributed by atoms with Gasteiger partial charge in [0.05, 0.1) is 24.3 Å². The number of nitrogens with zero attached hydrogens (tertiary/aromatic N) is 2. The van der Waals surface area contributed by atoms with E-state index < -0.39 is 0 Å². The number of hydrogen-bond donors (Lipinski definition) is 2. The van der Waals surface area contributed by atoms with Crippen molar-refractivity contribution in [1.82, 2.24) is 15.4 Å². The molecule has 42 heavy (non-hydrogen) atoms. The zero-order valence-corrected chi connectivity index (χ0v) is 24.6. The van der Waals surface area contributed by atoms with Crippen LogP contribution in [-0.2, 0) is 24.3 Å². The fourth-order valence-corrected chi connectivity index (χ4v) is 5.18. The molecule has 8 nitrogen and oxygen atoms in total. The van der Waals surface area contributed by atoms with Crippen molar-refractivity contribution in [3.8, 4) is 33.9 Å². The van der Waals surface area contributed by atoms with E-state index in [1.54, 1.807) is 6.07 Å². The van der Waals surface area contributed by atoms with Gasteiger partial charge in [0.25, 0.3) is 5.91 Å². The van der Waals surface area contributed by atoms with E-state index >= 15 is 0 Å². The number of phenolic OH excluding ortho intramolecular Hbond substituents is 1. The molecule has 0 unspecified atom stereocenters. The van der Waals surface area contributed by atoms with Gasteiger partial charge in [-0.25, -0.2) is 0 Å². The smallest absolute Gasteiger partial charge is 0.274 e. The van der Waals surface area contributed by atoms with E-state index in [1.807, 2.05) is 55.5 Å². The second kappa shape index (κ2) is 13.7. The van der Waals surface area contributed by atoms with Gasteiger partial charge in [-0.15, -0.1) is 0 Å². The number of carbonyl (C=O) groups is 1. The Morgan fingerprint density at radius 2 is 1.79 bits per heavy atom. The van der Waals surface area contributed by atoms with Crippen molar-refractivity contribution >= 4 is 5.91 Å². The second-order valence-electron chi connectivity index (χ2n) is 11.0. The lowest BCUT2D eigenvalue weighted by Gasteiger charge is -2.26. The molecule has 0 atom stereocenters. The van der Waals surface area contributed by atoms with Crippen LogP contribution in [0, 0.1) is 5.92 Å². The zero-order chi connectivity index (χ0) is 29.5. The van der Waals surface area contributed by atoms with Crippen LogP contribution in [0.5, 0.6) is 11.5 Å². The van der Waals surface area contributed by atoms with Crippen LogP contribution in [0.15, 0.2) is 71.3 Å². The lowest BCUT2D eigenvalue weighted by molar-refractivity contribution is 0.0342. The fourth-order valence-electron chi connectivity index (χ4n) is 5.18. The molecule has 4 aromatic rings. The molecular formula is C34H39N3O5. The number of ether oxygens (including phenoxy) is 2. The molecule has 0 aliphatic carbocycles. The molecule has 0 radical (unpaired) electrons. The van der Waals surface area contributed by atoms with Gasteiger partial charge in [0, 0.05) is 32.2 Å². The Hall–Kier alpha value is -4.14. The average Bonchev–Trinajstić information content (AvgIpc) is 3.44. The van der Waals surface area contributed by atoms with Gasteiger partial charge < -0.3 is 24.4 Å². The van der Waals surface area contributed by atoms with Crippen molar-refractivity contribution in [1.29, 1.82) is 0 Å². The minimum atomic E-state index is -0.312. The number of carbonyl (C=O) groups excluding carboxylic acids is 1. The van der Waals surface area contributed by atoms with Gasteiger partial charge in [-0.05, 0) is 47.6 Å². The van der Waals surface area contributed by atoms with E-state index in [4.69, 9.17) is 14.0 Å². The molecule has 2 heterocycles. The van der Waals surface area contributed by atoms with Crippen LogP contribution in [0.3, 0.4) is 0 Å². The number of phenols is 1. The first-order valence-electron chi connectivity index (χ1n) is 14.6. The second-order valence-corrected chi connectivity index (χ2v) is 11.0. The molecule has 0 saturated carbocycles. The summed E-state index contributed by atoms with van der Waals surface area (Å²) in [6.07, 6.45) is 0.667. The standard InChI is InChI=1S/C34H39N3O5/c1-4-35-34(39)32-31(26-12-10-24(11-13-26)21-37-14-16-40-17-15-37)33(42-36-32)28-19-27(18-23(2)3)29(38)20-30(28)41-22-25-8-6-5-7-9-25/h5-13,19-20,23,38H,4,14-18,21-22H2,1-3H3,(H,35,39). The Kier molecular flexibility index (Phi) is 9.56. The normalized spacial score (nSPS) is 13.8. The van der Waals surface area contributed by atoms with Crippen molar-refractivity contribution in [2.24, 2.45) is 5.92 Å². The summed E-state index contributed by atoms with van der Waals surface area (Å²) in [5.41, 5.74) is 5.18. The number of amides is 1. The van der Waals surface area contributed by atoms with E-state index in [1.165, 1.54) is 5.56 Å². The lowest BCUT2D eigenvalue weighted by Crippen LogP contribution is -2.35. The van der Waals surface area contributed by atoms with Crippen LogP contribution in [0.4, 0.5) is 0 Å². The summed E-state index contributed by atoms with van der Waals surface area (Å²) in [6.45, 7) is 11.0. The number of aromatic hydroxyl groups is 1. The first kappa shape index (κ1) is 29.4. The van der Waals surface area contributed by atoms with Crippen LogP contribution >= 0.6 is 0 Å². The van der Waals surface area contributed by atoms with Crippen molar-refractivity contribution in [3.05, 3.63) is 89.1 Å². The van der Waals surface area contributed by atoms with Gasteiger partial charge >= 0.3 is 0 Å². The molecule has 2 N–H and O–H groups in total. The van der Waals surface area contributed by atoms with Gasteiger partial charge in [-0.2, -0.15) is 0 Å². The molecule has 1 aliphatic heterocycles. The Bertz CT molecular complexity index is 1480. The summed E-state index contributed by atoms with van der Waals surface area (Å²) in [7, 11) is 0. The molecule has 3 aromatic carbocycles. The van der Waals surface area contributed by atoms with Crippen LogP contribution in [-0.4, -0.2) is 53.9 Å². The fraction of sp³-hybridized carbons (Fsp3) is 0.353. The van der Waals surface area contributed by atoms with Crippen molar-refractivity contribution in [2.45, 2.75) is 40.3 Å². The Morgan fingerprint density at radius 1 is 1.05 bits per heavy atom. The summed E-state index contributed by atoms with van der Waals surface area (Å²) >= 11 is 0. The molecule has 0 bridgehead atoms. The van der Waals surface area contributed by atoms with E-state index in [0.29, 0.717) is 48.1 Å². The van der Waals surface area contributed by atoms with Crippen molar-refractivity contribution < 1.29 is 23.9 Å². The highest BCUT2D eigenvalue weighted by Gasteiger charge is 2.27. The van der Waals surface area contributed by atoms with Gasteiger partial charge in [0.1, 0.15) is 18.1 Å². The quantitative estimate of drug-likeness (QED) is 0.226. The topological polar surface area (TPSA) is 97.1 Å². The van der Waals surface area contributed by atoms with Crippen molar-refractivity contribution in [3.63, 3.8) is 0 Å². The molecule has 1 aromatic heterocycles. The summed E-state index contributed by atoms with van der Waals surface area (Å²) in [5.74, 6) is 1.04. The number of nitrogens with one attached hydrogen (secondary N) is 1. The van der Waals surface area contributed by atoms with Crippen LogP contribution in [0.2, 0.25) is 0 Å². The highest BCUT2D eigenvalue weighted by atomic mass is 16.5. The van der Waals surface area contributed by atoms with E-state index in [9.17, 15) is 9.90 Å². The Morgan fingerprint density at radius 3 is 2.48 bits per heavy atom. The van der Waals surface area contributed by atoms with E-state index in [0.717, 1.165) is 49.5 Å². The zero-order valence-electron chi connectivity index (χ0n) is 24.6. The third kappa shape index (κ3) is 7.01. The highest BCUT2D eigenvalue weighted by molar-refractivity contribution is 6.02. The Balaban J connectivity index is 1.57. The predicted octanol–water partition coefficient (Wildman–Crippen LogP) is 6.07. The minimum Gasteiger partial charge on any atom is -0.508 e. The third-order valence-corrected chi connectivity index (χ3v) is 7.29. The maximum Gasteiger partial charge on any atom is 0.274 e.